The molecule has 0 amide bonds. The van der Waals surface area contributed by atoms with Gasteiger partial charge in [-0.1, -0.05) is 19.1 Å². The lowest BCUT2D eigenvalue weighted by atomic mass is 10.1. The Hall–Kier alpha value is -1.20. The number of hydrogen-bond donors (Lipinski definition) is 1. The molecule has 0 spiro atoms. The van der Waals surface area contributed by atoms with Crippen LogP contribution in [0.2, 0.25) is 0 Å². The van der Waals surface area contributed by atoms with Gasteiger partial charge in [0.2, 0.25) is 0 Å². The average Bonchev–Trinajstić information content (AvgIpc) is 2.15. The molecule has 0 aromatic heterocycles. The number of aldehydes is 1. The summed E-state index contributed by atoms with van der Waals surface area (Å²) in [6.07, 6.45) is 0.985. The van der Waals surface area contributed by atoms with Crippen molar-refractivity contribution in [2.24, 2.45) is 0 Å². The molecule has 0 aliphatic carbocycles. The van der Waals surface area contributed by atoms with Gasteiger partial charge in [0.05, 0.1) is 0 Å². The van der Waals surface area contributed by atoms with E-state index in [2.05, 4.69) is 0 Å². The van der Waals surface area contributed by atoms with Gasteiger partial charge in [-0.2, -0.15) is 8.42 Å². The molecule has 0 saturated carbocycles. The smallest absolute Gasteiger partial charge is 0.295 e. The molecule has 0 aliphatic heterocycles. The van der Waals surface area contributed by atoms with Crippen LogP contribution in [0.5, 0.6) is 0 Å². The molecule has 0 radical (unpaired) electrons. The van der Waals surface area contributed by atoms with Crippen LogP contribution in [0.25, 0.3) is 0 Å². The summed E-state index contributed by atoms with van der Waals surface area (Å²) >= 11 is 0. The minimum absolute atomic E-state index is 0.0394. The van der Waals surface area contributed by atoms with Crippen LogP contribution < -0.4 is 0 Å². The highest BCUT2D eigenvalue weighted by molar-refractivity contribution is 7.86. The molecule has 76 valence electrons. The Morgan fingerprint density at radius 2 is 2.07 bits per heavy atom. The Bertz CT molecular complexity index is 448. The highest BCUT2D eigenvalue weighted by atomic mass is 32.2. The predicted molar refractivity (Wildman–Crippen MR) is 51.0 cm³/mol. The van der Waals surface area contributed by atoms with E-state index in [1.54, 1.807) is 13.0 Å². The molecular weight excluding hydrogens is 204 g/mol. The first-order chi connectivity index (χ1) is 6.50. The first-order valence-corrected chi connectivity index (χ1v) is 5.49. The van der Waals surface area contributed by atoms with Gasteiger partial charge in [0.25, 0.3) is 10.1 Å². The molecule has 1 aromatic carbocycles. The summed E-state index contributed by atoms with van der Waals surface area (Å²) < 4.78 is 30.6. The first kappa shape index (κ1) is 10.9. The van der Waals surface area contributed by atoms with E-state index in [0.29, 0.717) is 18.3 Å². The lowest BCUT2D eigenvalue weighted by molar-refractivity contribution is 0.111. The Balaban J connectivity index is 3.53. The van der Waals surface area contributed by atoms with Gasteiger partial charge < -0.3 is 0 Å². The van der Waals surface area contributed by atoms with Crippen molar-refractivity contribution in [1.82, 2.24) is 0 Å². The molecule has 14 heavy (non-hydrogen) atoms. The van der Waals surface area contributed by atoms with Crippen molar-refractivity contribution in [3.63, 3.8) is 0 Å². The second-order valence-electron chi connectivity index (χ2n) is 2.78. The van der Waals surface area contributed by atoms with Gasteiger partial charge in [-0.05, 0) is 18.1 Å². The molecule has 0 saturated heterocycles. The van der Waals surface area contributed by atoms with Crippen molar-refractivity contribution >= 4 is 16.4 Å². The summed E-state index contributed by atoms with van der Waals surface area (Å²) in [4.78, 5) is 10.4. The Morgan fingerprint density at radius 3 is 2.50 bits per heavy atom. The lowest BCUT2D eigenvalue weighted by Crippen LogP contribution is -2.05. The summed E-state index contributed by atoms with van der Waals surface area (Å²) in [5.74, 6) is 0. The summed E-state index contributed by atoms with van der Waals surface area (Å²) in [6.45, 7) is 1.80. The molecule has 4 nitrogen and oxygen atoms in total. The van der Waals surface area contributed by atoms with Crippen molar-refractivity contribution in [3.05, 3.63) is 29.3 Å². The monoisotopic (exact) mass is 214 g/mol. The van der Waals surface area contributed by atoms with Crippen LogP contribution in [0, 0.1) is 0 Å². The molecular formula is C9H10O4S. The molecule has 0 heterocycles. The topological polar surface area (TPSA) is 71.4 Å². The number of aryl methyl sites for hydroxylation is 1. The van der Waals surface area contributed by atoms with Crippen LogP contribution in [0.3, 0.4) is 0 Å². The van der Waals surface area contributed by atoms with Crippen LogP contribution in [0.15, 0.2) is 23.1 Å². The van der Waals surface area contributed by atoms with E-state index in [0.717, 1.165) is 0 Å². The van der Waals surface area contributed by atoms with Gasteiger partial charge in [-0.25, -0.2) is 0 Å². The van der Waals surface area contributed by atoms with E-state index in [4.69, 9.17) is 4.55 Å². The SMILES string of the molecule is CCc1cccc(S(=O)(=O)O)c1C=O. The predicted octanol–water partition coefficient (Wildman–Crippen LogP) is 1.31. The maximum absolute atomic E-state index is 10.9. The average molecular weight is 214 g/mol. The van der Waals surface area contributed by atoms with Gasteiger partial charge in [-0.15, -0.1) is 0 Å². The Kier molecular flexibility index (Phi) is 3.03. The molecule has 0 bridgehead atoms. The van der Waals surface area contributed by atoms with E-state index >= 15 is 0 Å². The molecule has 1 aromatic rings. The van der Waals surface area contributed by atoms with Crippen molar-refractivity contribution in [3.8, 4) is 0 Å². The minimum Gasteiger partial charge on any atom is -0.298 e. The standard InChI is InChI=1S/C9H10O4S/c1-2-7-4-3-5-9(8(7)6-10)14(11,12)13/h3-6H,2H2,1H3,(H,11,12,13). The van der Waals surface area contributed by atoms with Crippen LogP contribution >= 0.6 is 0 Å². The summed E-state index contributed by atoms with van der Waals surface area (Å²) in [5, 5.41) is 0. The highest BCUT2D eigenvalue weighted by Gasteiger charge is 2.16. The van der Waals surface area contributed by atoms with Gasteiger partial charge in [-0.3, -0.25) is 9.35 Å². The molecule has 5 heteroatoms. The minimum atomic E-state index is -4.31. The maximum Gasteiger partial charge on any atom is 0.295 e. The quantitative estimate of drug-likeness (QED) is 0.608. The third-order valence-corrected chi connectivity index (χ3v) is 2.84. The fourth-order valence-electron chi connectivity index (χ4n) is 1.26. The molecule has 1 N–H and O–H groups in total. The number of carbonyl (C=O) groups excluding carboxylic acids is 1. The van der Waals surface area contributed by atoms with Crippen LogP contribution in [-0.2, 0) is 16.5 Å². The number of rotatable bonds is 3. The fraction of sp³-hybridized carbons (Fsp3) is 0.222. The highest BCUT2D eigenvalue weighted by Crippen LogP contribution is 2.18. The molecule has 0 aliphatic rings. The van der Waals surface area contributed by atoms with Gasteiger partial charge in [0, 0.05) is 5.56 Å². The second kappa shape index (κ2) is 3.89. The summed E-state index contributed by atoms with van der Waals surface area (Å²) in [6, 6.07) is 4.35. The lowest BCUT2D eigenvalue weighted by Gasteiger charge is -2.05. The van der Waals surface area contributed by atoms with E-state index in [-0.39, 0.29) is 10.5 Å². The number of benzene rings is 1. The third kappa shape index (κ3) is 2.00. The maximum atomic E-state index is 10.9. The van der Waals surface area contributed by atoms with Crippen LogP contribution in [-0.4, -0.2) is 19.3 Å². The first-order valence-electron chi connectivity index (χ1n) is 4.05. The van der Waals surface area contributed by atoms with Crippen LogP contribution in [0.4, 0.5) is 0 Å². The van der Waals surface area contributed by atoms with Crippen LogP contribution in [0.1, 0.15) is 22.8 Å². The fourth-order valence-corrected chi connectivity index (χ4v) is 1.96. The zero-order valence-corrected chi connectivity index (χ0v) is 8.41. The largest absolute Gasteiger partial charge is 0.298 e. The normalized spacial score (nSPS) is 11.3. The summed E-state index contributed by atoms with van der Waals surface area (Å²) in [7, 11) is -4.31. The number of hydrogen-bond acceptors (Lipinski definition) is 3. The van der Waals surface area contributed by atoms with Crippen molar-refractivity contribution in [2.45, 2.75) is 18.2 Å². The summed E-state index contributed by atoms with van der Waals surface area (Å²) in [5.41, 5.74) is 0.646. The van der Waals surface area contributed by atoms with Gasteiger partial charge in [0.1, 0.15) is 4.90 Å². The molecule has 0 atom stereocenters. The third-order valence-electron chi connectivity index (χ3n) is 1.93. The Labute approximate surface area is 82.3 Å². The van der Waals surface area contributed by atoms with Crippen molar-refractivity contribution in [2.75, 3.05) is 0 Å². The molecule has 0 unspecified atom stereocenters. The zero-order valence-electron chi connectivity index (χ0n) is 7.60. The second-order valence-corrected chi connectivity index (χ2v) is 4.17. The number of carbonyl (C=O) groups is 1. The zero-order chi connectivity index (χ0) is 10.8. The Morgan fingerprint density at radius 1 is 1.43 bits per heavy atom. The van der Waals surface area contributed by atoms with E-state index in [9.17, 15) is 13.2 Å². The van der Waals surface area contributed by atoms with Gasteiger partial charge >= 0.3 is 0 Å². The van der Waals surface area contributed by atoms with Crippen molar-refractivity contribution < 1.29 is 17.8 Å². The van der Waals surface area contributed by atoms with E-state index in [1.165, 1.54) is 12.1 Å². The molecule has 1 rings (SSSR count). The van der Waals surface area contributed by atoms with E-state index in [1.807, 2.05) is 0 Å². The van der Waals surface area contributed by atoms with E-state index < -0.39 is 10.1 Å². The van der Waals surface area contributed by atoms with Crippen molar-refractivity contribution in [1.29, 1.82) is 0 Å². The van der Waals surface area contributed by atoms with Gasteiger partial charge in [0.15, 0.2) is 6.29 Å². The molecule has 0 fully saturated rings.